The number of esters is 2. The largest absolute Gasteiger partial charge is 0.545 e. The smallest absolute Gasteiger partial charge is 0.306 e. The van der Waals surface area contributed by atoms with Gasteiger partial charge in [0.15, 0.2) is 12.4 Å². The maximum atomic E-state index is 12.8. The molecule has 0 fully saturated rings. The molecule has 0 aliphatic heterocycles. The second kappa shape index (κ2) is 53.2. The lowest BCUT2D eigenvalue weighted by Gasteiger charge is -2.26. The second-order valence-electron chi connectivity index (χ2n) is 19.9. The van der Waals surface area contributed by atoms with Crippen molar-refractivity contribution >= 4 is 17.9 Å². The molecule has 0 radical (unpaired) electrons. The number of nitrogens with zero attached hydrogens (tertiary/aromatic N) is 1. The fourth-order valence-electron chi connectivity index (χ4n) is 7.41. The average molecular weight is 1000 g/mol. The third kappa shape index (κ3) is 53.7. The third-order valence-electron chi connectivity index (χ3n) is 11.8. The Kier molecular flexibility index (Phi) is 50.3. The summed E-state index contributed by atoms with van der Waals surface area (Å²) in [6.07, 6.45) is 69.9. The van der Waals surface area contributed by atoms with Gasteiger partial charge in [-0.05, 0) is 83.5 Å². The number of carbonyl (C=O) groups is 3. The van der Waals surface area contributed by atoms with Crippen molar-refractivity contribution in [2.24, 2.45) is 0 Å². The summed E-state index contributed by atoms with van der Waals surface area (Å²) in [7, 11) is 5.90. The number of likely N-dealkylation sites (N-methyl/N-ethyl adjacent to an activating group) is 1. The summed E-state index contributed by atoms with van der Waals surface area (Å²) >= 11 is 0. The van der Waals surface area contributed by atoms with Crippen LogP contribution in [0.3, 0.4) is 0 Å². The molecule has 9 heteroatoms. The molecular weight excluding hydrogens is 899 g/mol. The van der Waals surface area contributed by atoms with Crippen LogP contribution in [-0.4, -0.2) is 82.3 Å². The van der Waals surface area contributed by atoms with E-state index in [9.17, 15) is 19.5 Å². The zero-order valence-electron chi connectivity index (χ0n) is 46.5. The number of carbonyl (C=O) groups excluding carboxylic acids is 3. The second-order valence-corrected chi connectivity index (χ2v) is 19.9. The Morgan fingerprint density at radius 1 is 0.431 bits per heavy atom. The molecule has 0 N–H and O–H groups in total. The van der Waals surface area contributed by atoms with Gasteiger partial charge in [0.2, 0.25) is 0 Å². The van der Waals surface area contributed by atoms with Crippen LogP contribution in [0.15, 0.2) is 109 Å². The lowest BCUT2D eigenvalue weighted by molar-refractivity contribution is -0.870. The number of unbranched alkanes of at least 4 members (excludes halogenated alkanes) is 18. The van der Waals surface area contributed by atoms with Crippen LogP contribution in [-0.2, 0) is 33.3 Å². The maximum Gasteiger partial charge on any atom is 0.306 e. The standard InChI is InChI=1S/C63H105NO8/c1-6-8-10-12-14-16-18-20-22-24-25-26-27-28-29-30-31-32-33-34-35-36-37-38-40-42-44-46-48-50-52-54-61(66)72-59(58-71-63(62(67)68)69-56-55-64(3,4)5)57-70-60(65)53-51-49-47-45-43-41-39-23-21-19-17-15-13-11-9-7-2/h8,10,14,16,20,22,25-26,28-29,31-32,34-35,37-38,42,44,59,63H,6-7,9,11-13,15,17-19,21,23-24,27,30,33,36,39-41,43,45-58H2,1-5H3/b10-8-,16-14-,22-20-,26-25-,29-28-,32-31-,35-34-,38-37-,44-42-. The van der Waals surface area contributed by atoms with Crippen LogP contribution in [0, 0.1) is 0 Å². The highest BCUT2D eigenvalue weighted by atomic mass is 16.7. The Bertz CT molecular complexity index is 1540. The van der Waals surface area contributed by atoms with Crippen LogP contribution >= 0.6 is 0 Å². The minimum atomic E-state index is -1.64. The van der Waals surface area contributed by atoms with E-state index < -0.39 is 24.3 Å². The molecule has 0 heterocycles. The van der Waals surface area contributed by atoms with Gasteiger partial charge in [0.1, 0.15) is 13.2 Å². The van der Waals surface area contributed by atoms with Crippen molar-refractivity contribution in [3.63, 3.8) is 0 Å². The molecule has 0 rings (SSSR count). The van der Waals surface area contributed by atoms with Crippen molar-refractivity contribution in [3.8, 4) is 0 Å². The minimum Gasteiger partial charge on any atom is -0.545 e. The Balaban J connectivity index is 4.35. The van der Waals surface area contributed by atoms with Gasteiger partial charge < -0.3 is 33.3 Å². The van der Waals surface area contributed by atoms with E-state index in [0.29, 0.717) is 17.4 Å². The van der Waals surface area contributed by atoms with Gasteiger partial charge in [0.05, 0.1) is 40.3 Å². The van der Waals surface area contributed by atoms with Gasteiger partial charge >= 0.3 is 11.9 Å². The molecule has 2 atom stereocenters. The summed E-state index contributed by atoms with van der Waals surface area (Å²) in [5.74, 6) is -2.33. The molecule has 2 unspecified atom stereocenters. The van der Waals surface area contributed by atoms with E-state index in [1.54, 1.807) is 0 Å². The van der Waals surface area contributed by atoms with Gasteiger partial charge in [0, 0.05) is 12.8 Å². The highest BCUT2D eigenvalue weighted by Crippen LogP contribution is 2.15. The van der Waals surface area contributed by atoms with E-state index in [-0.39, 0.29) is 38.6 Å². The third-order valence-corrected chi connectivity index (χ3v) is 11.8. The number of carboxylic acid groups (broad SMARTS) is 1. The summed E-state index contributed by atoms with van der Waals surface area (Å²) < 4.78 is 22.6. The number of rotatable bonds is 51. The molecule has 9 nitrogen and oxygen atoms in total. The lowest BCUT2D eigenvalue weighted by atomic mass is 10.0. The van der Waals surface area contributed by atoms with Crippen molar-refractivity contribution < 1.29 is 42.9 Å². The Hall–Kier alpha value is -4.05. The number of quaternary nitrogens is 1. The number of hydrogen-bond donors (Lipinski definition) is 0. The molecule has 410 valence electrons. The first-order chi connectivity index (χ1) is 35.1. The molecule has 72 heavy (non-hydrogen) atoms. The van der Waals surface area contributed by atoms with Crippen LogP contribution < -0.4 is 5.11 Å². The van der Waals surface area contributed by atoms with Gasteiger partial charge in [-0.25, -0.2) is 0 Å². The highest BCUT2D eigenvalue weighted by Gasteiger charge is 2.22. The van der Waals surface area contributed by atoms with Crippen molar-refractivity contribution in [2.45, 2.75) is 225 Å². The molecule has 0 aromatic carbocycles. The number of hydrogen-bond acceptors (Lipinski definition) is 8. The predicted octanol–water partition coefficient (Wildman–Crippen LogP) is 15.4. The molecule has 0 aromatic heterocycles. The molecule has 0 saturated heterocycles. The minimum absolute atomic E-state index is 0.136. The van der Waals surface area contributed by atoms with Gasteiger partial charge in [-0.1, -0.05) is 226 Å². The van der Waals surface area contributed by atoms with Crippen LogP contribution in [0.1, 0.15) is 213 Å². The SMILES string of the molecule is CC/C=C\C/C=C\C/C=C\C/C=C\C/C=C\C/C=C\C/C=C\C/C=C\C/C=C\CCCCCC(=O)OC(COC(=O)CCCCCCCCCCCCCCCCCC)COC(OCC[N+](C)(C)C)C(=O)[O-]. The van der Waals surface area contributed by atoms with Gasteiger partial charge in [-0.3, -0.25) is 9.59 Å². The molecule has 0 aliphatic rings. The van der Waals surface area contributed by atoms with E-state index in [1.165, 1.54) is 83.5 Å². The molecule has 0 amide bonds. The number of allylic oxidation sites excluding steroid dienone is 18. The van der Waals surface area contributed by atoms with Crippen LogP contribution in [0.4, 0.5) is 0 Å². The summed E-state index contributed by atoms with van der Waals surface area (Å²) in [4.78, 5) is 37.2. The first-order valence-electron chi connectivity index (χ1n) is 28.5. The van der Waals surface area contributed by atoms with Crippen LogP contribution in [0.5, 0.6) is 0 Å². The first-order valence-corrected chi connectivity index (χ1v) is 28.5. The quantitative estimate of drug-likeness (QED) is 0.0195. The van der Waals surface area contributed by atoms with E-state index in [4.69, 9.17) is 18.9 Å². The number of ether oxygens (including phenoxy) is 4. The Morgan fingerprint density at radius 3 is 1.18 bits per heavy atom. The number of carboxylic acids is 1. The van der Waals surface area contributed by atoms with Crippen molar-refractivity contribution in [3.05, 3.63) is 109 Å². The van der Waals surface area contributed by atoms with Crippen molar-refractivity contribution in [1.29, 1.82) is 0 Å². The van der Waals surface area contributed by atoms with E-state index in [1.807, 2.05) is 21.1 Å². The highest BCUT2D eigenvalue weighted by molar-refractivity contribution is 5.70. The normalized spacial score (nSPS) is 13.6. The van der Waals surface area contributed by atoms with Gasteiger partial charge in [-0.15, -0.1) is 0 Å². The van der Waals surface area contributed by atoms with Crippen molar-refractivity contribution in [2.75, 3.05) is 47.5 Å². The molecule has 0 aromatic rings. The summed E-state index contributed by atoms with van der Waals surface area (Å²) in [6.45, 7) is 4.59. The summed E-state index contributed by atoms with van der Waals surface area (Å²) in [5.41, 5.74) is 0. The lowest BCUT2D eigenvalue weighted by Crippen LogP contribution is -2.44. The van der Waals surface area contributed by atoms with Gasteiger partial charge in [-0.2, -0.15) is 0 Å². The molecule has 0 bridgehead atoms. The zero-order valence-corrected chi connectivity index (χ0v) is 46.5. The fraction of sp³-hybridized carbons (Fsp3) is 0.667. The summed E-state index contributed by atoms with van der Waals surface area (Å²) in [5, 5.41) is 11.8. The first kappa shape index (κ1) is 68.0. The fourth-order valence-corrected chi connectivity index (χ4v) is 7.41. The van der Waals surface area contributed by atoms with E-state index >= 15 is 0 Å². The van der Waals surface area contributed by atoms with E-state index in [2.05, 4.69) is 123 Å². The molecule has 0 spiro atoms. The molecular formula is C63H105NO8. The maximum absolute atomic E-state index is 12.8. The monoisotopic (exact) mass is 1000 g/mol. The Labute approximate surface area is 441 Å². The number of aliphatic carboxylic acids is 1. The van der Waals surface area contributed by atoms with Crippen molar-refractivity contribution in [1.82, 2.24) is 0 Å². The topological polar surface area (TPSA) is 111 Å². The summed E-state index contributed by atoms with van der Waals surface area (Å²) in [6, 6.07) is 0. The van der Waals surface area contributed by atoms with Crippen LogP contribution in [0.25, 0.3) is 0 Å². The zero-order chi connectivity index (χ0) is 52.7. The van der Waals surface area contributed by atoms with Gasteiger partial charge in [0.25, 0.3) is 0 Å². The Morgan fingerprint density at radius 2 is 0.792 bits per heavy atom. The molecule has 0 aliphatic carbocycles. The van der Waals surface area contributed by atoms with E-state index in [0.717, 1.165) is 96.3 Å². The van der Waals surface area contributed by atoms with Crippen LogP contribution in [0.2, 0.25) is 0 Å². The predicted molar refractivity (Wildman–Crippen MR) is 301 cm³/mol. The molecule has 0 saturated carbocycles. The average Bonchev–Trinajstić information content (AvgIpc) is 3.35.